The number of rotatable bonds is 1. The lowest BCUT2D eigenvalue weighted by Crippen LogP contribution is -2.48. The molecule has 1 saturated carbocycles. The lowest BCUT2D eigenvalue weighted by atomic mass is 9.50. The Morgan fingerprint density at radius 3 is 2.67 bits per heavy atom. The Hall–Kier alpha value is -1.29. The molecule has 0 bridgehead atoms. The van der Waals surface area contributed by atoms with Gasteiger partial charge in [0.2, 0.25) is 0 Å². The summed E-state index contributed by atoms with van der Waals surface area (Å²) < 4.78 is 0. The molecule has 2 aliphatic carbocycles. The monoisotopic (exact) mass is 281 g/mol. The minimum Gasteiger partial charge on any atom is -0.198 e. The highest BCUT2D eigenvalue weighted by Gasteiger charge is 2.51. The molecule has 0 amide bonds. The summed E-state index contributed by atoms with van der Waals surface area (Å²) >= 11 is 0. The Bertz CT molecular complexity index is 594. The van der Waals surface area contributed by atoms with Crippen LogP contribution in [0, 0.1) is 22.7 Å². The molecule has 0 radical (unpaired) electrons. The lowest BCUT2D eigenvalue weighted by molar-refractivity contribution is 0.0688. The summed E-state index contributed by atoms with van der Waals surface area (Å²) in [6, 6.07) is 9.79. The molecule has 1 nitrogen and oxygen atoms in total. The van der Waals surface area contributed by atoms with Crippen LogP contribution in [0.3, 0.4) is 0 Å². The summed E-state index contributed by atoms with van der Waals surface area (Å²) in [6.45, 7) is 9.15. The standard InChI is InChI=1S/C20H27N/c1-14(2)15-6-8-17-16(12-15)7-9-18-19(3,13-21)10-5-11-20(17,18)4/h6,8,12,14,18H,5,7,9-11H2,1-4H3/t18?,19-,20-/m1/s1. The zero-order valence-corrected chi connectivity index (χ0v) is 13.9. The highest BCUT2D eigenvalue weighted by atomic mass is 14.6. The van der Waals surface area contributed by atoms with Gasteiger partial charge in [-0.15, -0.1) is 0 Å². The van der Waals surface area contributed by atoms with Gasteiger partial charge in [-0.3, -0.25) is 0 Å². The Kier molecular flexibility index (Phi) is 3.40. The maximum absolute atomic E-state index is 9.72. The first-order chi connectivity index (χ1) is 9.90. The number of nitriles is 1. The molecule has 1 unspecified atom stereocenters. The number of fused-ring (bicyclic) bond motifs is 3. The van der Waals surface area contributed by atoms with E-state index in [4.69, 9.17) is 0 Å². The normalized spacial score (nSPS) is 35.0. The van der Waals surface area contributed by atoms with Gasteiger partial charge in [0.1, 0.15) is 0 Å². The molecule has 1 heteroatoms. The minimum absolute atomic E-state index is 0.137. The van der Waals surface area contributed by atoms with Gasteiger partial charge in [-0.1, -0.05) is 45.4 Å². The van der Waals surface area contributed by atoms with Gasteiger partial charge in [0.05, 0.1) is 11.5 Å². The number of aryl methyl sites for hydroxylation is 1. The van der Waals surface area contributed by atoms with Gasteiger partial charge in [-0.2, -0.15) is 5.26 Å². The number of hydrogen-bond acceptors (Lipinski definition) is 1. The number of nitrogens with zero attached hydrogens (tertiary/aromatic N) is 1. The molecule has 21 heavy (non-hydrogen) atoms. The van der Waals surface area contributed by atoms with Crippen LogP contribution >= 0.6 is 0 Å². The van der Waals surface area contributed by atoms with E-state index in [1.807, 2.05) is 0 Å². The molecule has 2 aliphatic rings. The lowest BCUT2D eigenvalue weighted by Gasteiger charge is -2.53. The van der Waals surface area contributed by atoms with Crippen LogP contribution in [0.1, 0.15) is 76.0 Å². The number of hydrogen-bond donors (Lipinski definition) is 0. The van der Waals surface area contributed by atoms with Crippen LogP contribution in [0.4, 0.5) is 0 Å². The summed E-state index contributed by atoms with van der Waals surface area (Å²) in [5, 5.41) is 9.72. The minimum atomic E-state index is -0.137. The molecule has 1 aromatic carbocycles. The second-order valence-corrected chi connectivity index (χ2v) is 7.96. The van der Waals surface area contributed by atoms with E-state index in [2.05, 4.69) is 52.0 Å². The first kappa shape index (κ1) is 14.6. The van der Waals surface area contributed by atoms with Crippen LogP contribution in [0.5, 0.6) is 0 Å². The van der Waals surface area contributed by atoms with Crippen LogP contribution in [0.2, 0.25) is 0 Å². The summed E-state index contributed by atoms with van der Waals surface area (Å²) in [5.74, 6) is 1.11. The largest absolute Gasteiger partial charge is 0.198 e. The predicted octanol–water partition coefficient (Wildman–Crippen LogP) is 5.34. The second-order valence-electron chi connectivity index (χ2n) is 7.96. The quantitative estimate of drug-likeness (QED) is 0.681. The summed E-state index contributed by atoms with van der Waals surface area (Å²) in [6.07, 6.45) is 5.82. The first-order valence-corrected chi connectivity index (χ1v) is 8.45. The first-order valence-electron chi connectivity index (χ1n) is 8.45. The van der Waals surface area contributed by atoms with Gasteiger partial charge < -0.3 is 0 Å². The molecule has 0 aromatic heterocycles. The van der Waals surface area contributed by atoms with E-state index in [1.165, 1.54) is 30.4 Å². The van der Waals surface area contributed by atoms with Crippen molar-refractivity contribution >= 4 is 0 Å². The molecule has 0 aliphatic heterocycles. The molecular formula is C20H27N. The summed E-state index contributed by atoms with van der Waals surface area (Å²) in [5.41, 5.74) is 4.59. The van der Waals surface area contributed by atoms with E-state index >= 15 is 0 Å². The molecule has 3 atom stereocenters. The molecule has 3 rings (SSSR count). The van der Waals surface area contributed by atoms with Crippen LogP contribution in [0.15, 0.2) is 18.2 Å². The molecular weight excluding hydrogens is 254 g/mol. The molecule has 0 N–H and O–H groups in total. The molecule has 0 heterocycles. The van der Waals surface area contributed by atoms with Crippen LogP contribution in [-0.4, -0.2) is 0 Å². The van der Waals surface area contributed by atoms with Crippen LogP contribution < -0.4 is 0 Å². The topological polar surface area (TPSA) is 23.8 Å². The van der Waals surface area contributed by atoms with Gasteiger partial charge in [0.25, 0.3) is 0 Å². The molecule has 0 saturated heterocycles. The van der Waals surface area contributed by atoms with Gasteiger partial charge in [-0.05, 0) is 66.5 Å². The van der Waals surface area contributed by atoms with Crippen molar-refractivity contribution in [1.29, 1.82) is 5.26 Å². The molecule has 0 spiro atoms. The van der Waals surface area contributed by atoms with Gasteiger partial charge in [-0.25, -0.2) is 0 Å². The fraction of sp³-hybridized carbons (Fsp3) is 0.650. The Labute approximate surface area is 129 Å². The van der Waals surface area contributed by atoms with Crippen LogP contribution in [0.25, 0.3) is 0 Å². The van der Waals surface area contributed by atoms with Gasteiger partial charge >= 0.3 is 0 Å². The van der Waals surface area contributed by atoms with Crippen molar-refractivity contribution in [2.24, 2.45) is 11.3 Å². The highest BCUT2D eigenvalue weighted by Crippen LogP contribution is 2.57. The second kappa shape index (κ2) is 4.87. The summed E-state index contributed by atoms with van der Waals surface area (Å²) in [4.78, 5) is 0. The molecule has 112 valence electrons. The van der Waals surface area contributed by atoms with Crippen molar-refractivity contribution in [2.45, 2.75) is 71.1 Å². The van der Waals surface area contributed by atoms with Crippen molar-refractivity contribution in [3.63, 3.8) is 0 Å². The van der Waals surface area contributed by atoms with Crippen molar-refractivity contribution < 1.29 is 0 Å². The zero-order valence-electron chi connectivity index (χ0n) is 13.9. The average Bonchev–Trinajstić information content (AvgIpc) is 2.46. The highest BCUT2D eigenvalue weighted by molar-refractivity contribution is 5.42. The number of benzene rings is 1. The van der Waals surface area contributed by atoms with Gasteiger partial charge in [0.15, 0.2) is 0 Å². The van der Waals surface area contributed by atoms with Crippen molar-refractivity contribution in [1.82, 2.24) is 0 Å². The SMILES string of the molecule is CC(C)c1ccc2c(c1)CCC1[C@@](C)(C#N)CCC[C@]21C. The maximum atomic E-state index is 9.72. The average molecular weight is 281 g/mol. The summed E-state index contributed by atoms with van der Waals surface area (Å²) in [7, 11) is 0. The van der Waals surface area contributed by atoms with Crippen molar-refractivity contribution in [2.75, 3.05) is 0 Å². The third-order valence-electron chi connectivity index (χ3n) is 6.30. The zero-order chi connectivity index (χ0) is 15.3. The predicted molar refractivity (Wildman–Crippen MR) is 87.3 cm³/mol. The third-order valence-corrected chi connectivity index (χ3v) is 6.30. The van der Waals surface area contributed by atoms with E-state index < -0.39 is 0 Å². The maximum Gasteiger partial charge on any atom is 0.0690 e. The van der Waals surface area contributed by atoms with E-state index in [0.717, 1.165) is 12.8 Å². The van der Waals surface area contributed by atoms with E-state index in [1.54, 1.807) is 5.56 Å². The smallest absolute Gasteiger partial charge is 0.0690 e. The van der Waals surface area contributed by atoms with Crippen molar-refractivity contribution in [3.8, 4) is 6.07 Å². The van der Waals surface area contributed by atoms with E-state index in [0.29, 0.717) is 11.8 Å². The van der Waals surface area contributed by atoms with Crippen molar-refractivity contribution in [3.05, 3.63) is 34.9 Å². The fourth-order valence-electron chi connectivity index (χ4n) is 5.00. The Balaban J connectivity index is 2.08. The van der Waals surface area contributed by atoms with Crippen LogP contribution in [-0.2, 0) is 11.8 Å². The molecule has 1 fully saturated rings. The van der Waals surface area contributed by atoms with Gasteiger partial charge in [0, 0.05) is 0 Å². The van der Waals surface area contributed by atoms with E-state index in [9.17, 15) is 5.26 Å². The Morgan fingerprint density at radius 2 is 2.00 bits per heavy atom. The fourth-order valence-corrected chi connectivity index (χ4v) is 5.00. The molecule has 1 aromatic rings. The third kappa shape index (κ3) is 2.11. The van der Waals surface area contributed by atoms with E-state index in [-0.39, 0.29) is 10.8 Å². The Morgan fingerprint density at radius 1 is 1.24 bits per heavy atom.